The van der Waals surface area contributed by atoms with Gasteiger partial charge in [0.1, 0.15) is 35.9 Å². The summed E-state index contributed by atoms with van der Waals surface area (Å²) in [7, 11) is 0. The summed E-state index contributed by atoms with van der Waals surface area (Å²) in [5.41, 5.74) is 2.79. The van der Waals surface area contributed by atoms with Gasteiger partial charge in [0.25, 0.3) is 0 Å². The number of rotatable bonds is 11. The van der Waals surface area contributed by atoms with Crippen LogP contribution in [-0.4, -0.2) is 65.8 Å². The summed E-state index contributed by atoms with van der Waals surface area (Å²) in [4.78, 5) is 63.5. The van der Waals surface area contributed by atoms with E-state index in [1.54, 1.807) is 41.5 Å². The molecule has 2 aromatic rings. The van der Waals surface area contributed by atoms with Crippen LogP contribution in [0.2, 0.25) is 0 Å². The van der Waals surface area contributed by atoms with Crippen LogP contribution in [0, 0.1) is 0 Å². The molecule has 11 heteroatoms. The summed E-state index contributed by atoms with van der Waals surface area (Å²) in [5.74, 6) is -2.68. The first kappa shape index (κ1) is 35.1. The molecular weight excluding hydrogens is 578 g/mol. The Morgan fingerprint density at radius 1 is 0.711 bits per heavy atom. The van der Waals surface area contributed by atoms with Crippen LogP contribution in [0.1, 0.15) is 85.3 Å². The molecule has 0 spiro atoms. The van der Waals surface area contributed by atoms with Gasteiger partial charge in [0.15, 0.2) is 0 Å². The van der Waals surface area contributed by atoms with Crippen molar-refractivity contribution in [2.45, 2.75) is 103 Å². The van der Waals surface area contributed by atoms with Crippen molar-refractivity contribution in [3.63, 3.8) is 0 Å². The lowest BCUT2D eigenvalue weighted by molar-refractivity contribution is -0.160. The number of carbonyl (C=O) groups is 5. The number of alkyl carbamates (subject to hydrolysis) is 1. The molecule has 0 fully saturated rings. The summed E-state index contributed by atoms with van der Waals surface area (Å²) in [6.45, 7) is 13.2. The lowest BCUT2D eigenvalue weighted by Gasteiger charge is -2.26. The molecule has 1 aliphatic rings. The van der Waals surface area contributed by atoms with E-state index in [2.05, 4.69) is 16.0 Å². The average molecular weight is 624 g/mol. The topological polar surface area (TPSA) is 149 Å². The quantitative estimate of drug-likeness (QED) is 0.247. The second-order valence-corrected chi connectivity index (χ2v) is 13.1. The smallest absolute Gasteiger partial charge is 0.407 e. The van der Waals surface area contributed by atoms with Crippen molar-refractivity contribution in [2.75, 3.05) is 6.61 Å². The number of esters is 2. The average Bonchev–Trinajstić information content (AvgIpc) is 3.25. The standard InChI is InChI=1S/C34H45N3O8/c1-20(30(40)37-27(31(41)45-34(6,7)8)17-18-28(38)44-33(3,4)5)35-29(39)21(2)36-32(42)43-19-26-24-15-11-9-13-22(24)23-14-10-12-16-25(23)26/h9-16,20-21,26-27H,17-19H2,1-8H3,(H,35,39)(H,36,42)(H,37,40)/t20-,21-,27-/m0/s1. The van der Waals surface area contributed by atoms with Crippen LogP contribution < -0.4 is 16.0 Å². The highest BCUT2D eigenvalue weighted by molar-refractivity contribution is 5.92. The van der Waals surface area contributed by atoms with Gasteiger partial charge < -0.3 is 30.2 Å². The summed E-state index contributed by atoms with van der Waals surface area (Å²) in [5, 5.41) is 7.60. The summed E-state index contributed by atoms with van der Waals surface area (Å²) < 4.78 is 16.2. The molecule has 3 rings (SSSR count). The minimum absolute atomic E-state index is 0.0595. The number of hydrogen-bond donors (Lipinski definition) is 3. The number of hydrogen-bond acceptors (Lipinski definition) is 8. The fourth-order valence-electron chi connectivity index (χ4n) is 4.86. The summed E-state index contributed by atoms with van der Waals surface area (Å²) in [6, 6.07) is 12.7. The summed E-state index contributed by atoms with van der Waals surface area (Å²) in [6.07, 6.45) is -0.969. The fraction of sp³-hybridized carbons (Fsp3) is 0.500. The Balaban J connectivity index is 1.53. The van der Waals surface area contributed by atoms with Crippen molar-refractivity contribution >= 4 is 29.8 Å². The molecule has 0 bridgehead atoms. The molecule has 0 saturated heterocycles. The number of benzene rings is 2. The maximum absolute atomic E-state index is 13.0. The highest BCUT2D eigenvalue weighted by atomic mass is 16.6. The first-order chi connectivity index (χ1) is 20.9. The van der Waals surface area contributed by atoms with Gasteiger partial charge in [-0.15, -0.1) is 0 Å². The van der Waals surface area contributed by atoms with Crippen molar-refractivity contribution in [2.24, 2.45) is 0 Å². The maximum atomic E-state index is 13.0. The van der Waals surface area contributed by atoms with Gasteiger partial charge in [0.05, 0.1) is 0 Å². The van der Waals surface area contributed by atoms with Crippen molar-refractivity contribution in [1.29, 1.82) is 0 Å². The SMILES string of the molecule is C[C@H](NC(=O)OCC1c2ccccc2-c2ccccc21)C(=O)N[C@@H](C)C(=O)N[C@@H](CCC(=O)OC(C)(C)C)C(=O)OC(C)(C)C. The lowest BCUT2D eigenvalue weighted by Crippen LogP contribution is -2.54. The van der Waals surface area contributed by atoms with E-state index in [1.807, 2.05) is 48.5 Å². The van der Waals surface area contributed by atoms with Gasteiger partial charge in [0, 0.05) is 12.3 Å². The third-order valence-corrected chi connectivity index (χ3v) is 6.89. The predicted octanol–water partition coefficient (Wildman–Crippen LogP) is 4.37. The first-order valence-electron chi connectivity index (χ1n) is 15.1. The molecule has 3 amide bonds. The summed E-state index contributed by atoms with van der Waals surface area (Å²) >= 11 is 0. The maximum Gasteiger partial charge on any atom is 0.407 e. The molecule has 45 heavy (non-hydrogen) atoms. The van der Waals surface area contributed by atoms with Gasteiger partial charge in [-0.2, -0.15) is 0 Å². The number of amides is 3. The van der Waals surface area contributed by atoms with Crippen LogP contribution in [0.3, 0.4) is 0 Å². The van der Waals surface area contributed by atoms with Crippen LogP contribution in [0.5, 0.6) is 0 Å². The third-order valence-electron chi connectivity index (χ3n) is 6.89. The van der Waals surface area contributed by atoms with Gasteiger partial charge >= 0.3 is 18.0 Å². The van der Waals surface area contributed by atoms with E-state index >= 15 is 0 Å². The molecular formula is C34H45N3O8. The van der Waals surface area contributed by atoms with Crippen molar-refractivity contribution in [3.05, 3.63) is 59.7 Å². The van der Waals surface area contributed by atoms with Crippen LogP contribution in [0.15, 0.2) is 48.5 Å². The molecule has 3 atom stereocenters. The number of fused-ring (bicyclic) bond motifs is 3. The van der Waals surface area contributed by atoms with E-state index < -0.39 is 59.2 Å². The van der Waals surface area contributed by atoms with E-state index in [9.17, 15) is 24.0 Å². The molecule has 0 aromatic heterocycles. The van der Waals surface area contributed by atoms with Gasteiger partial charge in [-0.3, -0.25) is 14.4 Å². The second-order valence-electron chi connectivity index (χ2n) is 13.1. The monoisotopic (exact) mass is 623 g/mol. The number of ether oxygens (including phenoxy) is 3. The zero-order chi connectivity index (χ0) is 33.5. The Labute approximate surface area is 264 Å². The first-order valence-corrected chi connectivity index (χ1v) is 15.1. The third kappa shape index (κ3) is 10.3. The van der Waals surface area contributed by atoms with Crippen LogP contribution in [0.4, 0.5) is 4.79 Å². The van der Waals surface area contributed by atoms with Crippen molar-refractivity contribution in [3.8, 4) is 11.1 Å². The molecule has 0 heterocycles. The van der Waals surface area contributed by atoms with Gasteiger partial charge in [-0.05, 0) is 84.1 Å². The van der Waals surface area contributed by atoms with Gasteiger partial charge in [-0.1, -0.05) is 48.5 Å². The molecule has 1 aliphatic carbocycles. The highest BCUT2D eigenvalue weighted by Crippen LogP contribution is 2.44. The Kier molecular flexibility index (Phi) is 11.4. The lowest BCUT2D eigenvalue weighted by atomic mass is 9.98. The largest absolute Gasteiger partial charge is 0.460 e. The van der Waals surface area contributed by atoms with E-state index in [4.69, 9.17) is 14.2 Å². The van der Waals surface area contributed by atoms with E-state index in [0.717, 1.165) is 22.3 Å². The minimum atomic E-state index is -1.15. The molecule has 0 aliphatic heterocycles. The van der Waals surface area contributed by atoms with Crippen LogP contribution in [0.25, 0.3) is 11.1 Å². The molecule has 2 aromatic carbocycles. The van der Waals surface area contributed by atoms with Crippen molar-refractivity contribution in [1.82, 2.24) is 16.0 Å². The van der Waals surface area contributed by atoms with Crippen LogP contribution in [-0.2, 0) is 33.4 Å². The van der Waals surface area contributed by atoms with E-state index in [-0.39, 0.29) is 25.4 Å². The number of nitrogens with one attached hydrogen (secondary N) is 3. The van der Waals surface area contributed by atoms with E-state index in [1.165, 1.54) is 13.8 Å². The molecule has 0 radical (unpaired) electrons. The minimum Gasteiger partial charge on any atom is -0.460 e. The molecule has 11 nitrogen and oxygen atoms in total. The molecule has 3 N–H and O–H groups in total. The molecule has 0 unspecified atom stereocenters. The fourth-order valence-corrected chi connectivity index (χ4v) is 4.86. The highest BCUT2D eigenvalue weighted by Gasteiger charge is 2.32. The zero-order valence-electron chi connectivity index (χ0n) is 27.3. The second kappa shape index (κ2) is 14.6. The molecule has 0 saturated carbocycles. The predicted molar refractivity (Wildman–Crippen MR) is 168 cm³/mol. The Morgan fingerprint density at radius 3 is 1.73 bits per heavy atom. The number of carbonyl (C=O) groups excluding carboxylic acids is 5. The normalized spacial score (nSPS) is 14.6. The zero-order valence-corrected chi connectivity index (χ0v) is 27.3. The Hall–Kier alpha value is -4.41. The Bertz CT molecular complexity index is 1360. The van der Waals surface area contributed by atoms with E-state index in [0.29, 0.717) is 0 Å². The van der Waals surface area contributed by atoms with Crippen LogP contribution >= 0.6 is 0 Å². The Morgan fingerprint density at radius 2 is 1.20 bits per heavy atom. The van der Waals surface area contributed by atoms with Gasteiger partial charge in [-0.25, -0.2) is 9.59 Å². The van der Waals surface area contributed by atoms with Crippen molar-refractivity contribution < 1.29 is 38.2 Å². The molecule has 244 valence electrons. The van der Waals surface area contributed by atoms with Gasteiger partial charge in [0.2, 0.25) is 11.8 Å².